The molecule has 0 fully saturated rings. The topological polar surface area (TPSA) is 116 Å². The highest BCUT2D eigenvalue weighted by molar-refractivity contribution is 5.39. The first-order valence-corrected chi connectivity index (χ1v) is 13.5. The molecule has 0 amide bonds. The van der Waals surface area contributed by atoms with Crippen molar-refractivity contribution in [2.45, 2.75) is 71.3 Å². The fourth-order valence-corrected chi connectivity index (χ4v) is 3.77. The summed E-state index contributed by atoms with van der Waals surface area (Å²) in [6.45, 7) is 6.12. The number of nitrogens with zero attached hydrogens (tertiary/aromatic N) is 3. The number of unbranched alkanes of at least 4 members (excludes halogenated alkanes) is 7. The highest BCUT2D eigenvalue weighted by atomic mass is 16.5. The fourth-order valence-electron chi connectivity index (χ4n) is 3.77. The van der Waals surface area contributed by atoms with E-state index in [1.165, 1.54) is 44.9 Å². The largest absolute Gasteiger partial charge is 0.496 e. The van der Waals surface area contributed by atoms with Crippen LogP contribution in [0.15, 0.2) is 24.3 Å². The Labute approximate surface area is 216 Å². The number of rotatable bonds is 22. The minimum Gasteiger partial charge on any atom is -0.496 e. The molecule has 0 atom stereocenters. The highest BCUT2D eigenvalue weighted by Gasteiger charge is 2.08. The molecule has 202 valence electrons. The highest BCUT2D eigenvalue weighted by Crippen LogP contribution is 2.19. The molecule has 0 bridgehead atoms. The van der Waals surface area contributed by atoms with Crippen molar-refractivity contribution < 1.29 is 14.2 Å². The van der Waals surface area contributed by atoms with Crippen LogP contribution in [0.4, 0.5) is 11.9 Å². The van der Waals surface area contributed by atoms with Crippen LogP contribution in [0.3, 0.4) is 0 Å². The molecule has 4 N–H and O–H groups in total. The van der Waals surface area contributed by atoms with Gasteiger partial charge in [-0.15, -0.1) is 0 Å². The summed E-state index contributed by atoms with van der Waals surface area (Å²) < 4.78 is 16.4. The number of hydrogen-bond donors (Lipinski definition) is 3. The van der Waals surface area contributed by atoms with Gasteiger partial charge in [-0.05, 0) is 12.5 Å². The lowest BCUT2D eigenvalue weighted by Crippen LogP contribution is -2.17. The first kappa shape index (κ1) is 29.7. The predicted molar refractivity (Wildman–Crippen MR) is 146 cm³/mol. The number of para-hydroxylation sites is 1. The van der Waals surface area contributed by atoms with Crippen LogP contribution < -0.4 is 21.1 Å². The second-order valence-electron chi connectivity index (χ2n) is 8.73. The number of benzene rings is 1. The minimum absolute atomic E-state index is 0.523. The maximum absolute atomic E-state index is 5.59. The Kier molecular flexibility index (Phi) is 16.2. The number of methoxy groups -OCH3 is 1. The van der Waals surface area contributed by atoms with E-state index in [1.54, 1.807) is 7.11 Å². The summed E-state index contributed by atoms with van der Waals surface area (Å²) in [4.78, 5) is 13.9. The van der Waals surface area contributed by atoms with Crippen LogP contribution in [-0.2, 0) is 22.4 Å². The summed E-state index contributed by atoms with van der Waals surface area (Å²) in [7, 11) is 1.68. The van der Waals surface area contributed by atoms with Gasteiger partial charge in [0.25, 0.3) is 0 Å². The Morgan fingerprint density at radius 1 is 0.778 bits per heavy atom. The molecule has 0 aliphatic heterocycles. The first-order chi connectivity index (χ1) is 17.8. The van der Waals surface area contributed by atoms with Gasteiger partial charge in [-0.1, -0.05) is 70.1 Å². The van der Waals surface area contributed by atoms with E-state index in [1.807, 2.05) is 24.3 Å². The SMILES string of the molecule is CCCCCCCCCCc1nc(NCCOCCOCCN)nc(NCc2ccccc2OC)n1. The Balaban J connectivity index is 1.87. The standard InChI is InChI=1S/C27H46N6O3/c1-3-4-5-6-7-8-9-10-15-25-31-26(29-17-19-36-21-20-35-18-16-28)33-27(32-25)30-22-23-13-11-12-14-24(23)34-2/h11-14H,3-10,15-22,28H2,1-2H3,(H2,29,30,31,32,33). The third-order valence-electron chi connectivity index (χ3n) is 5.73. The number of aryl methyl sites for hydroxylation is 1. The molecule has 0 saturated carbocycles. The molecule has 36 heavy (non-hydrogen) atoms. The lowest BCUT2D eigenvalue weighted by atomic mass is 10.1. The summed E-state index contributed by atoms with van der Waals surface area (Å²) in [5.74, 6) is 2.76. The van der Waals surface area contributed by atoms with Crippen LogP contribution in [-0.4, -0.2) is 61.6 Å². The summed E-state index contributed by atoms with van der Waals surface area (Å²) >= 11 is 0. The lowest BCUT2D eigenvalue weighted by Gasteiger charge is -2.12. The van der Waals surface area contributed by atoms with Gasteiger partial charge < -0.3 is 30.6 Å². The van der Waals surface area contributed by atoms with Crippen molar-refractivity contribution in [3.63, 3.8) is 0 Å². The third-order valence-corrected chi connectivity index (χ3v) is 5.73. The van der Waals surface area contributed by atoms with E-state index in [-0.39, 0.29) is 0 Å². The van der Waals surface area contributed by atoms with Gasteiger partial charge >= 0.3 is 0 Å². The van der Waals surface area contributed by atoms with E-state index in [4.69, 9.17) is 19.9 Å². The van der Waals surface area contributed by atoms with Gasteiger partial charge in [-0.3, -0.25) is 0 Å². The molecule has 0 spiro atoms. The fraction of sp³-hybridized carbons (Fsp3) is 0.667. The monoisotopic (exact) mass is 502 g/mol. The predicted octanol–water partition coefficient (Wildman–Crippen LogP) is 4.58. The molecule has 1 aromatic carbocycles. The molecule has 0 aliphatic rings. The third kappa shape index (κ3) is 13.0. The van der Waals surface area contributed by atoms with Crippen LogP contribution in [0, 0.1) is 0 Å². The number of hydrogen-bond acceptors (Lipinski definition) is 9. The van der Waals surface area contributed by atoms with E-state index in [2.05, 4.69) is 32.5 Å². The zero-order chi connectivity index (χ0) is 25.7. The number of nitrogens with one attached hydrogen (secondary N) is 2. The molecule has 0 unspecified atom stereocenters. The molecular formula is C27H46N6O3. The summed E-state index contributed by atoms with van der Waals surface area (Å²) in [5, 5.41) is 6.60. The average molecular weight is 503 g/mol. The second-order valence-corrected chi connectivity index (χ2v) is 8.73. The zero-order valence-corrected chi connectivity index (χ0v) is 22.3. The number of nitrogens with two attached hydrogens (primary N) is 1. The smallest absolute Gasteiger partial charge is 0.228 e. The molecule has 9 nitrogen and oxygen atoms in total. The molecule has 9 heteroatoms. The minimum atomic E-state index is 0.523. The van der Waals surface area contributed by atoms with E-state index in [0.29, 0.717) is 58.0 Å². The molecular weight excluding hydrogens is 456 g/mol. The first-order valence-electron chi connectivity index (χ1n) is 13.5. The van der Waals surface area contributed by atoms with Crippen molar-refractivity contribution in [3.05, 3.63) is 35.7 Å². The summed E-state index contributed by atoms with van der Waals surface area (Å²) in [6.07, 6.45) is 11.0. The molecule has 2 aromatic rings. The molecule has 2 rings (SSSR count). The van der Waals surface area contributed by atoms with Gasteiger partial charge in [0, 0.05) is 31.6 Å². The maximum Gasteiger partial charge on any atom is 0.228 e. The van der Waals surface area contributed by atoms with Gasteiger partial charge in [0.2, 0.25) is 11.9 Å². The van der Waals surface area contributed by atoms with Crippen LogP contribution in [0.25, 0.3) is 0 Å². The number of aromatic nitrogens is 3. The number of anilines is 2. The normalized spacial score (nSPS) is 11.0. The second kappa shape index (κ2) is 19.7. The van der Waals surface area contributed by atoms with E-state index in [9.17, 15) is 0 Å². The molecule has 1 aromatic heterocycles. The number of ether oxygens (including phenoxy) is 3. The Morgan fingerprint density at radius 3 is 2.17 bits per heavy atom. The zero-order valence-electron chi connectivity index (χ0n) is 22.3. The average Bonchev–Trinajstić information content (AvgIpc) is 2.90. The van der Waals surface area contributed by atoms with Crippen molar-refractivity contribution >= 4 is 11.9 Å². The lowest BCUT2D eigenvalue weighted by molar-refractivity contribution is 0.0547. The molecule has 0 radical (unpaired) electrons. The van der Waals surface area contributed by atoms with Crippen molar-refractivity contribution in [1.82, 2.24) is 15.0 Å². The van der Waals surface area contributed by atoms with Gasteiger partial charge in [0.1, 0.15) is 11.6 Å². The van der Waals surface area contributed by atoms with Crippen molar-refractivity contribution in [3.8, 4) is 5.75 Å². The maximum atomic E-state index is 5.59. The van der Waals surface area contributed by atoms with Crippen molar-refractivity contribution in [2.24, 2.45) is 5.73 Å². The van der Waals surface area contributed by atoms with E-state index in [0.717, 1.165) is 30.0 Å². The van der Waals surface area contributed by atoms with Crippen molar-refractivity contribution in [1.29, 1.82) is 0 Å². The summed E-state index contributed by atoms with van der Waals surface area (Å²) in [6, 6.07) is 7.94. The van der Waals surface area contributed by atoms with Crippen LogP contribution in [0.1, 0.15) is 69.7 Å². The quantitative estimate of drug-likeness (QED) is 0.199. The van der Waals surface area contributed by atoms with Gasteiger partial charge in [0.05, 0.1) is 33.5 Å². The van der Waals surface area contributed by atoms with Gasteiger partial charge in [-0.25, -0.2) is 0 Å². The van der Waals surface area contributed by atoms with Gasteiger partial charge in [-0.2, -0.15) is 15.0 Å². The van der Waals surface area contributed by atoms with Crippen LogP contribution in [0.2, 0.25) is 0 Å². The Morgan fingerprint density at radius 2 is 1.44 bits per heavy atom. The van der Waals surface area contributed by atoms with Crippen LogP contribution in [0.5, 0.6) is 5.75 Å². The molecule has 0 saturated heterocycles. The molecule has 1 heterocycles. The van der Waals surface area contributed by atoms with E-state index < -0.39 is 0 Å². The van der Waals surface area contributed by atoms with Crippen LogP contribution >= 0.6 is 0 Å². The van der Waals surface area contributed by atoms with E-state index >= 15 is 0 Å². The molecule has 0 aliphatic carbocycles. The van der Waals surface area contributed by atoms with Gasteiger partial charge in [0.15, 0.2) is 0 Å². The Bertz CT molecular complexity index is 786. The van der Waals surface area contributed by atoms with Crippen molar-refractivity contribution in [2.75, 3.05) is 57.3 Å². The Hall–Kier alpha value is -2.49. The summed E-state index contributed by atoms with van der Waals surface area (Å²) in [5.41, 5.74) is 6.46.